The zero-order chi connectivity index (χ0) is 28.3. The summed E-state index contributed by atoms with van der Waals surface area (Å²) < 4.78 is 11.5. The van der Waals surface area contributed by atoms with Gasteiger partial charge in [0.1, 0.15) is 22.6 Å². The van der Waals surface area contributed by atoms with Crippen LogP contribution in [0.25, 0.3) is 22.2 Å². The summed E-state index contributed by atoms with van der Waals surface area (Å²) in [4.78, 5) is 19.7. The molecule has 2 aromatic heterocycles. The van der Waals surface area contributed by atoms with Gasteiger partial charge >= 0.3 is 0 Å². The van der Waals surface area contributed by atoms with E-state index in [2.05, 4.69) is 57.6 Å². The lowest BCUT2D eigenvalue weighted by atomic mass is 10.0. The van der Waals surface area contributed by atoms with Crippen LogP contribution in [0.5, 0.6) is 5.75 Å². The summed E-state index contributed by atoms with van der Waals surface area (Å²) in [5, 5.41) is 7.09. The number of piperidine rings is 1. The van der Waals surface area contributed by atoms with Crippen LogP contribution in [0.1, 0.15) is 44.7 Å². The molecule has 10 nitrogen and oxygen atoms in total. The van der Waals surface area contributed by atoms with E-state index in [0.29, 0.717) is 29.5 Å². The van der Waals surface area contributed by atoms with Gasteiger partial charge in [0.05, 0.1) is 18.5 Å². The number of likely N-dealkylation sites (N-methyl/N-ethyl adjacent to an activating group) is 1. The standard InChI is InChI=1S/C31H44N8O2/c1-4-25-31(35-21-10-15-41-16-11-21)37-28-24(18-34-30(32)29(28)36-25)20-5-6-26(27(17-20)40-3)38-13-8-23(9-14-38)39-12-7-22(19-39)33-2/h5-6,17-18,21-23,33H,4,7-16,19H2,1-3H3,(H2,32,34)(H,35,37)/t22-/m0/s1. The first-order valence-electron chi connectivity index (χ1n) is 15.2. The van der Waals surface area contributed by atoms with Crippen LogP contribution in [0.15, 0.2) is 24.4 Å². The fourth-order valence-corrected chi connectivity index (χ4v) is 6.63. The molecule has 3 aliphatic rings. The zero-order valence-electron chi connectivity index (χ0n) is 24.7. The summed E-state index contributed by atoms with van der Waals surface area (Å²) in [7, 11) is 3.83. The van der Waals surface area contributed by atoms with E-state index in [9.17, 15) is 0 Å². The van der Waals surface area contributed by atoms with Crippen LogP contribution in [0.3, 0.4) is 0 Å². The van der Waals surface area contributed by atoms with Gasteiger partial charge in [-0.3, -0.25) is 4.90 Å². The molecule has 3 saturated heterocycles. The summed E-state index contributed by atoms with van der Waals surface area (Å²) in [5.41, 5.74) is 11.6. The Kier molecular flexibility index (Phi) is 8.41. The van der Waals surface area contributed by atoms with Gasteiger partial charge in [0.15, 0.2) is 5.82 Å². The molecule has 0 bridgehead atoms. The summed E-state index contributed by atoms with van der Waals surface area (Å²) in [6.07, 6.45) is 8.07. The maximum Gasteiger partial charge on any atom is 0.151 e. The van der Waals surface area contributed by atoms with Crippen molar-refractivity contribution in [3.63, 3.8) is 0 Å². The number of pyridine rings is 1. The van der Waals surface area contributed by atoms with Gasteiger partial charge < -0.3 is 30.7 Å². The molecule has 0 saturated carbocycles. The molecule has 41 heavy (non-hydrogen) atoms. The van der Waals surface area contributed by atoms with Crippen LogP contribution >= 0.6 is 0 Å². The second-order valence-corrected chi connectivity index (χ2v) is 11.5. The van der Waals surface area contributed by atoms with Crippen molar-refractivity contribution in [2.75, 3.05) is 69.5 Å². The van der Waals surface area contributed by atoms with Crippen LogP contribution < -0.4 is 26.0 Å². The van der Waals surface area contributed by atoms with E-state index in [-0.39, 0.29) is 0 Å². The first-order chi connectivity index (χ1) is 20.1. The highest BCUT2D eigenvalue weighted by Gasteiger charge is 2.31. The van der Waals surface area contributed by atoms with Crippen molar-refractivity contribution in [2.45, 2.75) is 63.6 Å². The number of hydrogen-bond donors (Lipinski definition) is 3. The lowest BCUT2D eigenvalue weighted by Gasteiger charge is -2.38. The fourth-order valence-electron chi connectivity index (χ4n) is 6.63. The number of nitrogen functional groups attached to an aromatic ring is 1. The average Bonchev–Trinajstić information content (AvgIpc) is 3.51. The van der Waals surface area contributed by atoms with Crippen molar-refractivity contribution in [3.8, 4) is 16.9 Å². The molecule has 0 spiro atoms. The average molecular weight is 561 g/mol. The Bertz CT molecular complexity index is 1350. The highest BCUT2D eigenvalue weighted by atomic mass is 16.5. The van der Waals surface area contributed by atoms with E-state index in [4.69, 9.17) is 25.2 Å². The normalized spacial score (nSPS) is 21.0. The summed E-state index contributed by atoms with van der Waals surface area (Å²) in [6.45, 7) is 8.04. The number of likely N-dealkylation sites (tertiary alicyclic amines) is 1. The molecule has 0 aliphatic carbocycles. The molecule has 10 heteroatoms. The molecular formula is C31H44N8O2. The minimum Gasteiger partial charge on any atom is -0.495 e. The zero-order valence-corrected chi connectivity index (χ0v) is 24.7. The number of nitrogens with one attached hydrogen (secondary N) is 2. The van der Waals surface area contributed by atoms with Gasteiger partial charge in [-0.25, -0.2) is 15.0 Å². The van der Waals surface area contributed by atoms with E-state index >= 15 is 0 Å². The molecule has 0 unspecified atom stereocenters. The van der Waals surface area contributed by atoms with E-state index in [0.717, 1.165) is 91.7 Å². The first kappa shape index (κ1) is 27.9. The predicted molar refractivity (Wildman–Crippen MR) is 165 cm³/mol. The maximum atomic E-state index is 6.32. The van der Waals surface area contributed by atoms with Gasteiger partial charge in [0.25, 0.3) is 0 Å². The fraction of sp³-hybridized carbons (Fsp3) is 0.581. The van der Waals surface area contributed by atoms with Gasteiger partial charge in [-0.1, -0.05) is 13.0 Å². The second-order valence-electron chi connectivity index (χ2n) is 11.5. The lowest BCUT2D eigenvalue weighted by Crippen LogP contribution is -2.45. The minimum absolute atomic E-state index is 0.321. The van der Waals surface area contributed by atoms with Crippen molar-refractivity contribution in [1.29, 1.82) is 0 Å². The number of methoxy groups -OCH3 is 1. The topological polar surface area (TPSA) is 114 Å². The maximum absolute atomic E-state index is 6.32. The van der Waals surface area contributed by atoms with Gasteiger partial charge in [-0.05, 0) is 63.3 Å². The lowest BCUT2D eigenvalue weighted by molar-refractivity contribution is 0.0903. The Labute approximate surface area is 243 Å². The van der Waals surface area contributed by atoms with Crippen molar-refractivity contribution in [2.24, 2.45) is 0 Å². The van der Waals surface area contributed by atoms with Crippen LogP contribution in [-0.2, 0) is 11.2 Å². The van der Waals surface area contributed by atoms with E-state index in [1.165, 1.54) is 25.8 Å². The molecule has 0 radical (unpaired) electrons. The quantitative estimate of drug-likeness (QED) is 0.377. The van der Waals surface area contributed by atoms with Gasteiger partial charge in [-0.15, -0.1) is 0 Å². The number of fused-ring (bicyclic) bond motifs is 1. The third-order valence-corrected chi connectivity index (χ3v) is 9.14. The SMILES string of the molecule is CCc1nc2c(N)ncc(-c3ccc(N4CCC(N5CC[C@H](NC)C5)CC4)c(OC)c3)c2nc1NC1CCOCC1. The molecular weight excluding hydrogens is 516 g/mol. The predicted octanol–water partition coefficient (Wildman–Crippen LogP) is 3.70. The highest BCUT2D eigenvalue weighted by molar-refractivity contribution is 5.97. The minimum atomic E-state index is 0.321. The molecule has 3 aromatic rings. The Morgan fingerprint density at radius 1 is 1.02 bits per heavy atom. The van der Waals surface area contributed by atoms with Crippen LogP contribution in [0.4, 0.5) is 17.3 Å². The number of ether oxygens (including phenoxy) is 2. The molecule has 3 aliphatic heterocycles. The number of nitrogens with two attached hydrogens (primary N) is 1. The number of aromatic nitrogens is 3. The van der Waals surface area contributed by atoms with Crippen molar-refractivity contribution >= 4 is 28.4 Å². The van der Waals surface area contributed by atoms with E-state index in [1.54, 1.807) is 7.11 Å². The molecule has 3 fully saturated rings. The Balaban J connectivity index is 1.26. The van der Waals surface area contributed by atoms with Crippen molar-refractivity contribution in [1.82, 2.24) is 25.2 Å². The molecule has 1 atom stereocenters. The number of benzene rings is 1. The largest absolute Gasteiger partial charge is 0.495 e. The van der Waals surface area contributed by atoms with Gasteiger partial charge in [0.2, 0.25) is 0 Å². The Hall–Kier alpha value is -3.21. The molecule has 0 amide bonds. The van der Waals surface area contributed by atoms with E-state index in [1.807, 2.05) is 6.20 Å². The van der Waals surface area contributed by atoms with Crippen LogP contribution in [-0.4, -0.2) is 91.5 Å². The monoisotopic (exact) mass is 560 g/mol. The number of hydrogen-bond acceptors (Lipinski definition) is 10. The van der Waals surface area contributed by atoms with E-state index < -0.39 is 0 Å². The molecule has 6 rings (SSSR count). The number of rotatable bonds is 8. The number of anilines is 3. The third-order valence-electron chi connectivity index (χ3n) is 9.14. The van der Waals surface area contributed by atoms with Gasteiger partial charge in [-0.2, -0.15) is 0 Å². The first-order valence-corrected chi connectivity index (χ1v) is 15.2. The molecule has 220 valence electrons. The third kappa shape index (κ3) is 5.78. The molecule has 1 aromatic carbocycles. The number of aryl methyl sites for hydroxylation is 1. The summed E-state index contributed by atoms with van der Waals surface area (Å²) in [6, 6.07) is 8.05. The molecule has 5 heterocycles. The summed E-state index contributed by atoms with van der Waals surface area (Å²) in [5.74, 6) is 2.08. The van der Waals surface area contributed by atoms with Crippen molar-refractivity contribution < 1.29 is 9.47 Å². The summed E-state index contributed by atoms with van der Waals surface area (Å²) >= 11 is 0. The Morgan fingerprint density at radius 3 is 2.54 bits per heavy atom. The van der Waals surface area contributed by atoms with Crippen LogP contribution in [0, 0.1) is 0 Å². The highest BCUT2D eigenvalue weighted by Crippen LogP contribution is 2.38. The Morgan fingerprint density at radius 2 is 1.83 bits per heavy atom. The van der Waals surface area contributed by atoms with Gasteiger partial charge in [0, 0.05) is 69.3 Å². The van der Waals surface area contributed by atoms with Crippen molar-refractivity contribution in [3.05, 3.63) is 30.1 Å². The smallest absolute Gasteiger partial charge is 0.151 e. The number of nitrogens with zero attached hydrogens (tertiary/aromatic N) is 5. The molecule has 4 N–H and O–H groups in total. The second kappa shape index (κ2) is 12.3. The van der Waals surface area contributed by atoms with Crippen LogP contribution in [0.2, 0.25) is 0 Å².